The maximum Gasteiger partial charge on any atom is 0.408 e. The van der Waals surface area contributed by atoms with E-state index in [1.165, 1.54) is 0 Å². The van der Waals surface area contributed by atoms with Crippen molar-refractivity contribution in [3.05, 3.63) is 108 Å². The number of halogens is 1. The molecule has 0 spiro atoms. The number of Topliss-reactive ketones (excluding diaryl/α,β-unsaturated/α-hetero) is 1. The third kappa shape index (κ3) is 5.75. The number of fused-ring (bicyclic) bond motifs is 3. The lowest BCUT2D eigenvalue weighted by molar-refractivity contribution is -0.936. The molecule has 3 aliphatic heterocycles. The van der Waals surface area contributed by atoms with Crippen molar-refractivity contribution in [1.82, 2.24) is 5.32 Å². The molecule has 1 N–H and O–H groups in total. The summed E-state index contributed by atoms with van der Waals surface area (Å²) in [4.78, 5) is 26.0. The van der Waals surface area contributed by atoms with Crippen molar-refractivity contribution in [3.8, 4) is 0 Å². The van der Waals surface area contributed by atoms with Crippen LogP contribution < -0.4 is 17.7 Å². The van der Waals surface area contributed by atoms with E-state index in [1.54, 1.807) is 0 Å². The second-order valence-corrected chi connectivity index (χ2v) is 9.61. The Labute approximate surface area is 213 Å². The van der Waals surface area contributed by atoms with Gasteiger partial charge in [0.1, 0.15) is 6.54 Å². The number of carbonyl (C=O) groups is 2. The average molecular weight is 491 g/mol. The third-order valence-corrected chi connectivity index (χ3v) is 7.41. The number of ether oxygens (including phenoxy) is 1. The number of carbonyl (C=O) groups excluding carboxylic acids is 2. The van der Waals surface area contributed by atoms with Crippen molar-refractivity contribution >= 4 is 11.9 Å². The fraction of sp³-hybridized carbons (Fsp3) is 0.310. The van der Waals surface area contributed by atoms with Crippen molar-refractivity contribution < 1.29 is 31.2 Å². The van der Waals surface area contributed by atoms with Gasteiger partial charge >= 0.3 is 6.09 Å². The molecule has 1 amide bonds. The Kier molecular flexibility index (Phi) is 7.89. The molecule has 3 aromatic carbocycles. The van der Waals surface area contributed by atoms with E-state index in [4.69, 9.17) is 4.74 Å². The zero-order chi connectivity index (χ0) is 23.4. The van der Waals surface area contributed by atoms with E-state index >= 15 is 0 Å². The predicted molar refractivity (Wildman–Crippen MR) is 131 cm³/mol. The van der Waals surface area contributed by atoms with Crippen LogP contribution in [0.15, 0.2) is 91.0 Å². The van der Waals surface area contributed by atoms with E-state index in [0.717, 1.165) is 53.6 Å². The fourth-order valence-corrected chi connectivity index (χ4v) is 5.57. The van der Waals surface area contributed by atoms with Gasteiger partial charge in [0.05, 0.1) is 25.7 Å². The molecular formula is C29H31ClN2O3. The van der Waals surface area contributed by atoms with Crippen molar-refractivity contribution in [3.63, 3.8) is 0 Å². The van der Waals surface area contributed by atoms with Gasteiger partial charge in [-0.15, -0.1) is 0 Å². The highest BCUT2D eigenvalue weighted by molar-refractivity contribution is 5.96. The number of rotatable bonds is 7. The van der Waals surface area contributed by atoms with E-state index in [2.05, 4.69) is 5.32 Å². The second-order valence-electron chi connectivity index (χ2n) is 9.61. The molecule has 0 saturated carbocycles. The largest absolute Gasteiger partial charge is 1.00 e. The zero-order valence-corrected chi connectivity index (χ0v) is 20.4. The van der Waals surface area contributed by atoms with Gasteiger partial charge in [0.15, 0.2) is 6.10 Å². The summed E-state index contributed by atoms with van der Waals surface area (Å²) in [6.45, 7) is 3.25. The molecule has 3 fully saturated rings. The van der Waals surface area contributed by atoms with E-state index in [-0.39, 0.29) is 24.2 Å². The standard InChI is InChI=1S/C29H30N2O3.ClH/c32-27(23-10-4-1-5-11-23)21-31-18-16-22(17-19-31)26(20-31)30-29(33)34-28(24-12-6-2-7-13-24)25-14-8-3-9-15-25;/h1-15,22,26,28H,16-21H2;1H. The van der Waals surface area contributed by atoms with Crippen LogP contribution in [0.5, 0.6) is 0 Å². The monoisotopic (exact) mass is 490 g/mol. The molecule has 1 atom stereocenters. The van der Waals surface area contributed by atoms with Crippen LogP contribution in [0.4, 0.5) is 4.79 Å². The van der Waals surface area contributed by atoms with Crippen LogP contribution in [0.3, 0.4) is 0 Å². The smallest absolute Gasteiger partial charge is 0.408 e. The van der Waals surface area contributed by atoms with E-state index < -0.39 is 12.2 Å². The quantitative estimate of drug-likeness (QED) is 0.407. The highest BCUT2D eigenvalue weighted by Gasteiger charge is 2.47. The predicted octanol–water partition coefficient (Wildman–Crippen LogP) is 2.00. The molecular weight excluding hydrogens is 460 g/mol. The SMILES string of the molecule is O=C(NC1C[N+]2(CC(=O)c3ccccc3)CCC1CC2)OC(c1ccccc1)c1ccccc1.[Cl-]. The van der Waals surface area contributed by atoms with E-state index in [9.17, 15) is 9.59 Å². The van der Waals surface area contributed by atoms with Crippen molar-refractivity contribution in [2.24, 2.45) is 5.92 Å². The Morgan fingerprint density at radius 2 is 1.34 bits per heavy atom. The van der Waals surface area contributed by atoms with Crippen LogP contribution in [0, 0.1) is 5.92 Å². The maximum absolute atomic E-state index is 13.1. The third-order valence-electron chi connectivity index (χ3n) is 7.41. The van der Waals surface area contributed by atoms with Crippen LogP contribution in [0.25, 0.3) is 0 Å². The van der Waals surface area contributed by atoms with Gasteiger partial charge in [-0.3, -0.25) is 4.79 Å². The number of quaternary nitrogens is 1. The number of ketones is 1. The van der Waals surface area contributed by atoms with Gasteiger partial charge < -0.3 is 26.9 Å². The normalized spacial score (nSPS) is 22.8. The zero-order valence-electron chi connectivity index (χ0n) is 19.7. The van der Waals surface area contributed by atoms with Crippen LogP contribution in [0.1, 0.15) is 40.4 Å². The Morgan fingerprint density at radius 3 is 1.89 bits per heavy atom. The summed E-state index contributed by atoms with van der Waals surface area (Å²) in [6.07, 6.45) is 1.18. The molecule has 0 aromatic heterocycles. The first-order valence-electron chi connectivity index (χ1n) is 12.1. The van der Waals surface area contributed by atoms with Gasteiger partial charge in [0.25, 0.3) is 0 Å². The highest BCUT2D eigenvalue weighted by Crippen LogP contribution is 2.35. The molecule has 5 nitrogen and oxygen atoms in total. The summed E-state index contributed by atoms with van der Waals surface area (Å²) in [6, 6.07) is 29.2. The van der Waals surface area contributed by atoms with E-state index in [1.807, 2.05) is 91.0 Å². The lowest BCUT2D eigenvalue weighted by Gasteiger charge is -2.52. The van der Waals surface area contributed by atoms with Crippen molar-refractivity contribution in [2.45, 2.75) is 25.0 Å². The minimum Gasteiger partial charge on any atom is -1.00 e. The number of nitrogens with zero attached hydrogens (tertiary/aromatic N) is 1. The summed E-state index contributed by atoms with van der Waals surface area (Å²) in [7, 11) is 0. The first-order valence-corrected chi connectivity index (χ1v) is 12.1. The minimum atomic E-state index is -0.466. The Bertz CT molecular complexity index is 1080. The van der Waals surface area contributed by atoms with Crippen LogP contribution in [0.2, 0.25) is 0 Å². The number of benzene rings is 3. The van der Waals surface area contributed by atoms with Gasteiger partial charge in [0, 0.05) is 18.4 Å². The fourth-order valence-electron chi connectivity index (χ4n) is 5.57. The number of piperidine rings is 3. The van der Waals surface area contributed by atoms with Gasteiger partial charge in [-0.25, -0.2) is 4.79 Å². The number of amides is 1. The molecule has 3 aromatic rings. The molecule has 6 rings (SSSR count). The van der Waals surface area contributed by atoms with Gasteiger partial charge in [-0.2, -0.15) is 0 Å². The van der Waals surface area contributed by atoms with Crippen LogP contribution in [-0.2, 0) is 4.74 Å². The molecule has 1 unspecified atom stereocenters. The lowest BCUT2D eigenvalue weighted by atomic mass is 9.81. The minimum absolute atomic E-state index is 0. The summed E-state index contributed by atoms with van der Waals surface area (Å²) in [5.41, 5.74) is 2.64. The molecule has 3 heterocycles. The van der Waals surface area contributed by atoms with Gasteiger partial charge in [-0.1, -0.05) is 91.0 Å². The molecule has 2 bridgehead atoms. The molecule has 6 heteroatoms. The summed E-state index contributed by atoms with van der Waals surface area (Å²) < 4.78 is 6.74. The highest BCUT2D eigenvalue weighted by atomic mass is 35.5. The molecule has 3 saturated heterocycles. The first kappa shape index (κ1) is 25.0. The second kappa shape index (κ2) is 11.1. The van der Waals surface area contributed by atoms with Crippen molar-refractivity contribution in [2.75, 3.05) is 26.2 Å². The Balaban J connectivity index is 0.00000289. The molecule has 182 valence electrons. The summed E-state index contributed by atoms with van der Waals surface area (Å²) >= 11 is 0. The number of alkyl carbamates (subject to hydrolysis) is 1. The van der Waals surface area contributed by atoms with E-state index in [0.29, 0.717) is 12.5 Å². The average Bonchev–Trinajstić information content (AvgIpc) is 2.89. The van der Waals surface area contributed by atoms with Gasteiger partial charge in [-0.05, 0) is 17.0 Å². The molecule has 0 aliphatic carbocycles. The van der Waals surface area contributed by atoms with Gasteiger partial charge in [0.2, 0.25) is 5.78 Å². The number of nitrogens with one attached hydrogen (secondary N) is 1. The summed E-state index contributed by atoms with van der Waals surface area (Å²) in [5, 5.41) is 3.17. The molecule has 0 radical (unpaired) electrons. The molecule has 35 heavy (non-hydrogen) atoms. The summed E-state index contributed by atoms with van der Waals surface area (Å²) in [5.74, 6) is 0.613. The lowest BCUT2D eigenvalue weighted by Crippen LogP contribution is -3.00. The number of hydrogen-bond acceptors (Lipinski definition) is 3. The first-order chi connectivity index (χ1) is 16.6. The van der Waals surface area contributed by atoms with Crippen molar-refractivity contribution in [1.29, 1.82) is 0 Å². The Morgan fingerprint density at radius 1 is 0.829 bits per heavy atom. The molecule has 3 aliphatic rings. The van der Waals surface area contributed by atoms with Crippen LogP contribution >= 0.6 is 0 Å². The Hall–Kier alpha value is -3.15. The number of hydrogen-bond donors (Lipinski definition) is 1. The van der Waals surface area contributed by atoms with Crippen LogP contribution in [-0.4, -0.2) is 48.6 Å². The maximum atomic E-state index is 13.1. The topological polar surface area (TPSA) is 55.4 Å².